The maximum atomic E-state index is 6.37. The van der Waals surface area contributed by atoms with Crippen molar-refractivity contribution in [2.75, 3.05) is 49.1 Å². The summed E-state index contributed by atoms with van der Waals surface area (Å²) in [6, 6.07) is 8.85. The predicted octanol–water partition coefficient (Wildman–Crippen LogP) is 4.35. The largest absolute Gasteiger partial charge is 0.365 e. The number of pyridine rings is 1. The molecule has 1 aliphatic carbocycles. The first kappa shape index (κ1) is 21.1. The molecule has 2 saturated heterocycles. The average Bonchev–Trinajstić information content (AvgIpc) is 2.85. The van der Waals surface area contributed by atoms with Gasteiger partial charge in [0.1, 0.15) is 0 Å². The standard InChI is InChI=1S/C25H26Cl2N6/c26-20-15-29-16-21(27)23(20)32-9-11-33(12-10-32)24-30-14-17-13-25(5-7-28-8-6-25)19-4-2-1-3-18(19)22(17)31-24/h1-4,14-16,28H,5-13H2. The van der Waals surface area contributed by atoms with E-state index >= 15 is 0 Å². The van der Waals surface area contributed by atoms with E-state index < -0.39 is 0 Å². The van der Waals surface area contributed by atoms with Gasteiger partial charge in [0.15, 0.2) is 0 Å². The summed E-state index contributed by atoms with van der Waals surface area (Å²) in [4.78, 5) is 18.5. The third-order valence-corrected chi connectivity index (χ3v) is 7.95. The van der Waals surface area contributed by atoms with Crippen molar-refractivity contribution in [2.24, 2.45) is 0 Å². The van der Waals surface area contributed by atoms with Gasteiger partial charge < -0.3 is 15.1 Å². The number of hydrogen-bond acceptors (Lipinski definition) is 6. The van der Waals surface area contributed by atoms with Gasteiger partial charge in [0, 0.05) is 55.7 Å². The number of hydrogen-bond donors (Lipinski definition) is 1. The van der Waals surface area contributed by atoms with Crippen molar-refractivity contribution in [2.45, 2.75) is 24.7 Å². The Labute approximate surface area is 204 Å². The highest BCUT2D eigenvalue weighted by Gasteiger charge is 2.40. The lowest BCUT2D eigenvalue weighted by Gasteiger charge is -2.43. The zero-order chi connectivity index (χ0) is 22.4. The van der Waals surface area contributed by atoms with Crippen LogP contribution in [0.2, 0.25) is 10.0 Å². The first-order chi connectivity index (χ1) is 16.1. The minimum Gasteiger partial charge on any atom is -0.365 e. The Kier molecular flexibility index (Phi) is 5.40. The number of piperazine rings is 1. The van der Waals surface area contributed by atoms with Crippen molar-refractivity contribution in [1.29, 1.82) is 0 Å². The van der Waals surface area contributed by atoms with Crippen molar-refractivity contribution in [3.05, 3.63) is 64.0 Å². The van der Waals surface area contributed by atoms with E-state index in [9.17, 15) is 0 Å². The van der Waals surface area contributed by atoms with Gasteiger partial charge in [-0.15, -0.1) is 0 Å². The van der Waals surface area contributed by atoms with Crippen molar-refractivity contribution in [3.63, 3.8) is 0 Å². The number of halogens is 2. The van der Waals surface area contributed by atoms with E-state index in [1.807, 2.05) is 0 Å². The lowest BCUT2D eigenvalue weighted by Crippen LogP contribution is -2.47. The summed E-state index contributed by atoms with van der Waals surface area (Å²) in [5, 5.41) is 4.70. The SMILES string of the molecule is Clc1cncc(Cl)c1N1CCN(c2ncc3c(n2)-c2ccccc2C2(CCNCC2)C3)CC1. The Hall–Kier alpha value is -2.41. The van der Waals surface area contributed by atoms with Gasteiger partial charge in [-0.25, -0.2) is 9.97 Å². The van der Waals surface area contributed by atoms with Gasteiger partial charge in [-0.1, -0.05) is 47.5 Å². The summed E-state index contributed by atoms with van der Waals surface area (Å²) in [5.74, 6) is 0.802. The molecule has 0 amide bonds. The Balaban J connectivity index is 1.27. The number of benzene rings is 1. The molecule has 8 heteroatoms. The Morgan fingerprint density at radius 3 is 2.33 bits per heavy atom. The van der Waals surface area contributed by atoms with E-state index in [2.05, 4.69) is 50.6 Å². The first-order valence-electron chi connectivity index (χ1n) is 11.6. The van der Waals surface area contributed by atoms with Crippen molar-refractivity contribution >= 4 is 34.8 Å². The minimum absolute atomic E-state index is 0.203. The molecule has 0 atom stereocenters. The van der Waals surface area contributed by atoms with Crippen LogP contribution in [0.1, 0.15) is 24.0 Å². The molecule has 170 valence electrons. The average molecular weight is 481 g/mol. The van der Waals surface area contributed by atoms with Gasteiger partial charge in [0.2, 0.25) is 5.95 Å². The normalized spacial score (nSPS) is 19.3. The van der Waals surface area contributed by atoms with Crippen LogP contribution in [-0.4, -0.2) is 54.2 Å². The van der Waals surface area contributed by atoms with Gasteiger partial charge in [0.25, 0.3) is 0 Å². The van der Waals surface area contributed by atoms with E-state index in [0.717, 1.165) is 75.9 Å². The zero-order valence-corrected chi connectivity index (χ0v) is 19.9. The Morgan fingerprint density at radius 1 is 0.879 bits per heavy atom. The van der Waals surface area contributed by atoms with Crippen LogP contribution in [0.5, 0.6) is 0 Å². The number of nitrogens with one attached hydrogen (secondary N) is 1. The van der Waals surface area contributed by atoms with Gasteiger partial charge in [0.05, 0.1) is 21.4 Å². The van der Waals surface area contributed by atoms with E-state index in [0.29, 0.717) is 10.0 Å². The lowest BCUT2D eigenvalue weighted by molar-refractivity contribution is 0.302. The van der Waals surface area contributed by atoms with Crippen LogP contribution in [0.25, 0.3) is 11.3 Å². The first-order valence-corrected chi connectivity index (χ1v) is 12.4. The molecule has 3 aliphatic rings. The van der Waals surface area contributed by atoms with Crippen LogP contribution >= 0.6 is 23.2 Å². The van der Waals surface area contributed by atoms with Crippen molar-refractivity contribution in [1.82, 2.24) is 20.3 Å². The van der Waals surface area contributed by atoms with Crippen LogP contribution < -0.4 is 15.1 Å². The molecular weight excluding hydrogens is 455 g/mol. The van der Waals surface area contributed by atoms with E-state index in [1.54, 1.807) is 12.4 Å². The maximum absolute atomic E-state index is 6.37. The molecule has 2 aliphatic heterocycles. The zero-order valence-electron chi connectivity index (χ0n) is 18.4. The molecule has 0 unspecified atom stereocenters. The molecule has 1 N–H and O–H groups in total. The molecule has 0 radical (unpaired) electrons. The van der Waals surface area contributed by atoms with Crippen molar-refractivity contribution < 1.29 is 0 Å². The minimum atomic E-state index is 0.203. The summed E-state index contributed by atoms with van der Waals surface area (Å²) in [7, 11) is 0. The molecule has 0 bridgehead atoms. The van der Waals surface area contributed by atoms with Crippen LogP contribution in [0, 0.1) is 0 Å². The highest BCUT2D eigenvalue weighted by molar-refractivity contribution is 6.38. The third kappa shape index (κ3) is 3.65. The van der Waals surface area contributed by atoms with Crippen LogP contribution in [0.3, 0.4) is 0 Å². The van der Waals surface area contributed by atoms with E-state index in [-0.39, 0.29) is 5.41 Å². The Morgan fingerprint density at radius 2 is 1.58 bits per heavy atom. The van der Waals surface area contributed by atoms with E-state index in [1.165, 1.54) is 16.7 Å². The molecule has 4 heterocycles. The van der Waals surface area contributed by atoms with Gasteiger partial charge >= 0.3 is 0 Å². The predicted molar refractivity (Wildman–Crippen MR) is 134 cm³/mol. The lowest BCUT2D eigenvalue weighted by atomic mass is 9.64. The number of nitrogens with zero attached hydrogens (tertiary/aromatic N) is 5. The molecule has 1 spiro atoms. The fourth-order valence-electron chi connectivity index (χ4n) is 5.71. The molecule has 33 heavy (non-hydrogen) atoms. The highest BCUT2D eigenvalue weighted by Crippen LogP contribution is 2.47. The van der Waals surface area contributed by atoms with Crippen LogP contribution in [0.4, 0.5) is 11.6 Å². The second kappa shape index (κ2) is 8.42. The van der Waals surface area contributed by atoms with Gasteiger partial charge in [-0.2, -0.15) is 0 Å². The number of fused-ring (bicyclic) bond motifs is 4. The summed E-state index contributed by atoms with van der Waals surface area (Å²) >= 11 is 12.7. The van der Waals surface area contributed by atoms with E-state index in [4.69, 9.17) is 33.2 Å². The topological polar surface area (TPSA) is 57.2 Å². The number of aromatic nitrogens is 3. The molecule has 1 aromatic carbocycles. The van der Waals surface area contributed by atoms with Crippen molar-refractivity contribution in [3.8, 4) is 11.3 Å². The summed E-state index contributed by atoms with van der Waals surface area (Å²) in [5.41, 5.74) is 6.17. The third-order valence-electron chi connectivity index (χ3n) is 7.40. The second-order valence-electron chi connectivity index (χ2n) is 9.22. The van der Waals surface area contributed by atoms with Gasteiger partial charge in [-0.05, 0) is 43.5 Å². The molecule has 6 rings (SSSR count). The maximum Gasteiger partial charge on any atom is 0.225 e. The molecule has 2 fully saturated rings. The monoisotopic (exact) mass is 480 g/mol. The number of piperidine rings is 1. The Bertz CT molecular complexity index is 1170. The number of anilines is 2. The highest BCUT2D eigenvalue weighted by atomic mass is 35.5. The van der Waals surface area contributed by atoms with Crippen LogP contribution in [0.15, 0.2) is 42.9 Å². The summed E-state index contributed by atoms with van der Waals surface area (Å²) in [6.07, 6.45) is 8.71. The van der Waals surface area contributed by atoms with Crippen LogP contribution in [-0.2, 0) is 11.8 Å². The quantitative estimate of drug-likeness (QED) is 0.588. The molecular formula is C25H26Cl2N6. The fraction of sp³-hybridized carbons (Fsp3) is 0.400. The molecule has 2 aromatic heterocycles. The smallest absolute Gasteiger partial charge is 0.225 e. The molecule has 3 aromatic rings. The molecule has 0 saturated carbocycles. The summed E-state index contributed by atoms with van der Waals surface area (Å²) < 4.78 is 0. The fourth-order valence-corrected chi connectivity index (χ4v) is 6.32. The summed E-state index contributed by atoms with van der Waals surface area (Å²) in [6.45, 7) is 5.36. The molecule has 6 nitrogen and oxygen atoms in total. The number of rotatable bonds is 2. The van der Waals surface area contributed by atoms with Gasteiger partial charge in [-0.3, -0.25) is 4.98 Å². The second-order valence-corrected chi connectivity index (χ2v) is 10.0.